The Labute approximate surface area is 149 Å². The zero-order valence-electron chi connectivity index (χ0n) is 15.6. The molecule has 1 aliphatic rings. The molecule has 25 heavy (non-hydrogen) atoms. The molecule has 1 fully saturated rings. The van der Waals surface area contributed by atoms with Crippen LogP contribution in [0.15, 0.2) is 24.3 Å². The summed E-state index contributed by atoms with van der Waals surface area (Å²) in [6, 6.07) is 8.15. The first-order valence-corrected chi connectivity index (χ1v) is 8.94. The van der Waals surface area contributed by atoms with E-state index in [4.69, 9.17) is 4.74 Å². The standard InChI is InChI=1S/C20H27N3O2/c1-14-16(15(2)22(3)21-14)11-12-20(24)23-13-7-9-18(23)17-8-5-6-10-19(17)25-4/h5-6,8,10,18H,7,9,11-13H2,1-4H3/t18-/m0/s1. The van der Waals surface area contributed by atoms with Gasteiger partial charge in [-0.05, 0) is 44.7 Å². The fourth-order valence-corrected chi connectivity index (χ4v) is 3.89. The van der Waals surface area contributed by atoms with E-state index in [1.165, 1.54) is 5.56 Å². The Morgan fingerprint density at radius 3 is 2.76 bits per heavy atom. The summed E-state index contributed by atoms with van der Waals surface area (Å²) in [5, 5.41) is 4.45. The predicted molar refractivity (Wildman–Crippen MR) is 97.7 cm³/mol. The van der Waals surface area contributed by atoms with Crippen molar-refractivity contribution in [1.82, 2.24) is 14.7 Å². The van der Waals surface area contributed by atoms with Crippen molar-refractivity contribution in [3.63, 3.8) is 0 Å². The number of hydrogen-bond donors (Lipinski definition) is 0. The van der Waals surface area contributed by atoms with Crippen LogP contribution in [0.4, 0.5) is 0 Å². The van der Waals surface area contributed by atoms with E-state index < -0.39 is 0 Å². The van der Waals surface area contributed by atoms with Gasteiger partial charge in [0, 0.05) is 31.3 Å². The molecule has 0 aliphatic carbocycles. The second-order valence-electron chi connectivity index (χ2n) is 6.76. The molecule has 5 nitrogen and oxygen atoms in total. The third kappa shape index (κ3) is 3.41. The van der Waals surface area contributed by atoms with E-state index in [9.17, 15) is 4.79 Å². The topological polar surface area (TPSA) is 47.4 Å². The first-order valence-electron chi connectivity index (χ1n) is 8.94. The Kier molecular flexibility index (Phi) is 5.11. The zero-order chi connectivity index (χ0) is 18.0. The van der Waals surface area contributed by atoms with Crippen LogP contribution in [0.25, 0.3) is 0 Å². The summed E-state index contributed by atoms with van der Waals surface area (Å²) in [5.41, 5.74) is 4.48. The van der Waals surface area contributed by atoms with Gasteiger partial charge >= 0.3 is 0 Å². The van der Waals surface area contributed by atoms with Gasteiger partial charge in [0.05, 0.1) is 18.8 Å². The van der Waals surface area contributed by atoms with E-state index in [0.717, 1.165) is 48.5 Å². The number of ether oxygens (including phenoxy) is 1. The summed E-state index contributed by atoms with van der Waals surface area (Å²) in [6.07, 6.45) is 3.31. The number of nitrogens with zero attached hydrogens (tertiary/aromatic N) is 3. The number of likely N-dealkylation sites (tertiary alicyclic amines) is 1. The highest BCUT2D eigenvalue weighted by Gasteiger charge is 2.31. The van der Waals surface area contributed by atoms with Crippen molar-refractivity contribution in [2.75, 3.05) is 13.7 Å². The number of methoxy groups -OCH3 is 1. The predicted octanol–water partition coefficient (Wildman–Crippen LogP) is 3.34. The van der Waals surface area contributed by atoms with Crippen LogP contribution in [-0.4, -0.2) is 34.2 Å². The normalized spacial score (nSPS) is 17.1. The maximum absolute atomic E-state index is 12.9. The van der Waals surface area contributed by atoms with Crippen LogP contribution in [0.2, 0.25) is 0 Å². The van der Waals surface area contributed by atoms with Gasteiger partial charge < -0.3 is 9.64 Å². The minimum absolute atomic E-state index is 0.125. The van der Waals surface area contributed by atoms with E-state index in [1.807, 2.05) is 41.8 Å². The van der Waals surface area contributed by atoms with Crippen LogP contribution >= 0.6 is 0 Å². The quantitative estimate of drug-likeness (QED) is 0.838. The summed E-state index contributed by atoms with van der Waals surface area (Å²) in [5.74, 6) is 1.09. The molecule has 3 rings (SSSR count). The smallest absolute Gasteiger partial charge is 0.223 e. The van der Waals surface area contributed by atoms with E-state index in [2.05, 4.69) is 18.1 Å². The maximum Gasteiger partial charge on any atom is 0.223 e. The van der Waals surface area contributed by atoms with Gasteiger partial charge in [0.25, 0.3) is 0 Å². The molecule has 2 aromatic rings. The highest BCUT2D eigenvalue weighted by atomic mass is 16.5. The van der Waals surface area contributed by atoms with Gasteiger partial charge in [0.2, 0.25) is 5.91 Å². The van der Waals surface area contributed by atoms with E-state index in [0.29, 0.717) is 6.42 Å². The summed E-state index contributed by atoms with van der Waals surface area (Å²) < 4.78 is 7.39. The Bertz CT molecular complexity index is 766. The van der Waals surface area contributed by atoms with Gasteiger partial charge in [-0.1, -0.05) is 18.2 Å². The Hall–Kier alpha value is -2.30. The number of aryl methyl sites for hydroxylation is 2. The fraction of sp³-hybridized carbons (Fsp3) is 0.500. The van der Waals surface area contributed by atoms with Crippen LogP contribution in [0.5, 0.6) is 5.75 Å². The van der Waals surface area contributed by atoms with Crippen LogP contribution in [-0.2, 0) is 18.3 Å². The lowest BCUT2D eigenvalue weighted by Gasteiger charge is -2.26. The summed E-state index contributed by atoms with van der Waals surface area (Å²) >= 11 is 0. The van der Waals surface area contributed by atoms with Crippen molar-refractivity contribution in [2.24, 2.45) is 7.05 Å². The van der Waals surface area contributed by atoms with Gasteiger partial charge in [-0.3, -0.25) is 9.48 Å². The van der Waals surface area contributed by atoms with Crippen LogP contribution in [0.1, 0.15) is 47.8 Å². The van der Waals surface area contributed by atoms with E-state index >= 15 is 0 Å². The molecule has 1 aliphatic heterocycles. The van der Waals surface area contributed by atoms with Gasteiger partial charge in [0.1, 0.15) is 5.75 Å². The average molecular weight is 341 g/mol. The SMILES string of the molecule is COc1ccccc1[C@@H]1CCCN1C(=O)CCc1c(C)nn(C)c1C. The first kappa shape index (κ1) is 17.5. The number of carbonyl (C=O) groups is 1. The third-order valence-corrected chi connectivity index (χ3v) is 5.32. The second kappa shape index (κ2) is 7.30. The Morgan fingerprint density at radius 2 is 2.08 bits per heavy atom. The van der Waals surface area contributed by atoms with E-state index in [1.54, 1.807) is 7.11 Å². The number of hydrogen-bond acceptors (Lipinski definition) is 3. The zero-order valence-corrected chi connectivity index (χ0v) is 15.6. The van der Waals surface area contributed by atoms with Crippen molar-refractivity contribution in [2.45, 2.75) is 45.6 Å². The van der Waals surface area contributed by atoms with E-state index in [-0.39, 0.29) is 11.9 Å². The van der Waals surface area contributed by atoms with Gasteiger partial charge in [-0.15, -0.1) is 0 Å². The molecule has 0 radical (unpaired) electrons. The monoisotopic (exact) mass is 341 g/mol. The summed E-state index contributed by atoms with van der Waals surface area (Å²) in [6.45, 7) is 4.90. The van der Waals surface area contributed by atoms with Crippen LogP contribution in [0.3, 0.4) is 0 Å². The number of para-hydroxylation sites is 1. The molecule has 1 aromatic carbocycles. The molecule has 134 valence electrons. The highest BCUT2D eigenvalue weighted by molar-refractivity contribution is 5.77. The molecular formula is C20H27N3O2. The van der Waals surface area contributed by atoms with Crippen molar-refractivity contribution >= 4 is 5.91 Å². The highest BCUT2D eigenvalue weighted by Crippen LogP contribution is 2.37. The summed E-state index contributed by atoms with van der Waals surface area (Å²) in [7, 11) is 3.64. The maximum atomic E-state index is 12.9. The van der Waals surface area contributed by atoms with Crippen LogP contribution in [0, 0.1) is 13.8 Å². The number of benzene rings is 1. The van der Waals surface area contributed by atoms with Crippen molar-refractivity contribution < 1.29 is 9.53 Å². The molecule has 0 bridgehead atoms. The molecular weight excluding hydrogens is 314 g/mol. The number of rotatable bonds is 5. The Balaban J connectivity index is 1.73. The number of carbonyl (C=O) groups excluding carboxylic acids is 1. The van der Waals surface area contributed by atoms with Crippen molar-refractivity contribution in [1.29, 1.82) is 0 Å². The molecule has 0 N–H and O–H groups in total. The minimum Gasteiger partial charge on any atom is -0.496 e. The Morgan fingerprint density at radius 1 is 1.32 bits per heavy atom. The molecule has 1 amide bonds. The number of amides is 1. The number of aromatic nitrogens is 2. The van der Waals surface area contributed by atoms with Crippen LogP contribution < -0.4 is 4.74 Å². The minimum atomic E-state index is 0.125. The largest absolute Gasteiger partial charge is 0.496 e. The van der Waals surface area contributed by atoms with Gasteiger partial charge in [-0.25, -0.2) is 0 Å². The first-order chi connectivity index (χ1) is 12.0. The summed E-state index contributed by atoms with van der Waals surface area (Å²) in [4.78, 5) is 14.9. The molecule has 0 spiro atoms. The van der Waals surface area contributed by atoms with Crippen molar-refractivity contribution in [3.05, 3.63) is 46.8 Å². The molecule has 1 aromatic heterocycles. The molecule has 2 heterocycles. The van der Waals surface area contributed by atoms with Gasteiger partial charge in [-0.2, -0.15) is 5.10 Å². The fourth-order valence-electron chi connectivity index (χ4n) is 3.89. The molecule has 1 atom stereocenters. The third-order valence-electron chi connectivity index (χ3n) is 5.32. The van der Waals surface area contributed by atoms with Gasteiger partial charge in [0.15, 0.2) is 0 Å². The lowest BCUT2D eigenvalue weighted by atomic mass is 10.0. The molecule has 0 unspecified atom stereocenters. The van der Waals surface area contributed by atoms with Crippen molar-refractivity contribution in [3.8, 4) is 5.75 Å². The lowest BCUT2D eigenvalue weighted by Crippen LogP contribution is -2.31. The lowest BCUT2D eigenvalue weighted by molar-refractivity contribution is -0.132. The second-order valence-corrected chi connectivity index (χ2v) is 6.76. The molecule has 0 saturated carbocycles. The molecule has 5 heteroatoms. The molecule has 1 saturated heterocycles. The average Bonchev–Trinajstić information content (AvgIpc) is 3.19.